The number of carboxylic acids is 1. The molecule has 1 aromatic carbocycles. The summed E-state index contributed by atoms with van der Waals surface area (Å²) in [5.74, 6) is -1.84. The maximum Gasteiger partial charge on any atom is 0.516 e. The van der Waals surface area contributed by atoms with Crippen molar-refractivity contribution in [3.63, 3.8) is 0 Å². The van der Waals surface area contributed by atoms with Gasteiger partial charge < -0.3 is 41.8 Å². The van der Waals surface area contributed by atoms with Crippen LogP contribution < -0.4 is 22.5 Å². The Morgan fingerprint density at radius 1 is 0.946 bits per heavy atom. The van der Waals surface area contributed by atoms with E-state index in [1.165, 1.54) is 0 Å². The topological polar surface area (TPSA) is 206 Å². The van der Waals surface area contributed by atoms with Gasteiger partial charge in [0.15, 0.2) is 0 Å². The lowest BCUT2D eigenvalue weighted by Crippen LogP contribution is -2.44. The third-order valence-corrected chi connectivity index (χ3v) is 4.59. The van der Waals surface area contributed by atoms with E-state index in [0.717, 1.165) is 18.4 Å². The Labute approximate surface area is 218 Å². The molecule has 1 aromatic rings. The normalized spacial score (nSPS) is 12.3. The van der Waals surface area contributed by atoms with Crippen LogP contribution in [-0.2, 0) is 30.4 Å². The number of amides is 1. The molecule has 0 heterocycles. The van der Waals surface area contributed by atoms with Crippen LogP contribution in [0.5, 0.6) is 0 Å². The number of carbonyl (C=O) groups excluding carboxylic acids is 3. The molecule has 0 saturated carbocycles. The number of carbonyl (C=O) groups is 4. The maximum absolute atomic E-state index is 12.2. The number of carboxylic acid groups (broad SMARTS) is 1. The quantitative estimate of drug-likeness (QED) is 0.143. The van der Waals surface area contributed by atoms with E-state index in [4.69, 9.17) is 36.5 Å². The molecule has 2 atom stereocenters. The highest BCUT2D eigenvalue weighted by Crippen LogP contribution is 2.10. The average molecular weight is 527 g/mol. The number of nitrogens with one attached hydrogen (secondary N) is 1. The summed E-state index contributed by atoms with van der Waals surface area (Å²) in [5, 5.41) is 10.8. The average Bonchev–Trinajstić information content (AvgIpc) is 2.82. The van der Waals surface area contributed by atoms with Gasteiger partial charge in [-0.1, -0.05) is 36.8 Å². The van der Waals surface area contributed by atoms with Crippen molar-refractivity contribution in [3.05, 3.63) is 35.9 Å². The van der Waals surface area contributed by atoms with Crippen LogP contribution in [0.2, 0.25) is 0 Å². The molecule has 0 fully saturated rings. The van der Waals surface area contributed by atoms with Gasteiger partial charge in [-0.25, -0.2) is 14.4 Å². The number of nitrogens with two attached hydrogens (primary N) is 3. The first kappa shape index (κ1) is 33.8. The highest BCUT2D eigenvalue weighted by molar-refractivity contribution is 5.88. The number of hydrogen-bond acceptors (Lipinski definition) is 10. The maximum atomic E-state index is 12.2. The largest absolute Gasteiger partial charge is 0.516 e. The third kappa shape index (κ3) is 18.7. The van der Waals surface area contributed by atoms with Crippen LogP contribution in [-0.4, -0.2) is 60.1 Å². The summed E-state index contributed by atoms with van der Waals surface area (Å²) in [6, 6.07) is 7.23. The van der Waals surface area contributed by atoms with Gasteiger partial charge >= 0.3 is 24.2 Å². The van der Waals surface area contributed by atoms with Crippen molar-refractivity contribution in [2.24, 2.45) is 17.2 Å². The van der Waals surface area contributed by atoms with Crippen LogP contribution in [0.4, 0.5) is 9.59 Å². The molecule has 12 nitrogen and oxygen atoms in total. The molecule has 0 aliphatic rings. The van der Waals surface area contributed by atoms with Gasteiger partial charge in [-0.05, 0) is 71.5 Å². The van der Waals surface area contributed by atoms with Gasteiger partial charge in [-0.2, -0.15) is 0 Å². The molecule has 0 aliphatic heterocycles. The second-order valence-corrected chi connectivity index (χ2v) is 9.16. The second kappa shape index (κ2) is 19.0. The summed E-state index contributed by atoms with van der Waals surface area (Å²) >= 11 is 0. The Hall–Kier alpha value is -3.22. The monoisotopic (exact) mass is 526 g/mol. The minimum atomic E-state index is -1.13. The molecule has 0 unspecified atom stereocenters. The lowest BCUT2D eigenvalue weighted by molar-refractivity contribution is -0.142. The van der Waals surface area contributed by atoms with E-state index in [2.05, 4.69) is 5.32 Å². The molecule has 0 saturated heterocycles. The van der Waals surface area contributed by atoms with E-state index < -0.39 is 41.9 Å². The lowest BCUT2D eigenvalue weighted by Gasteiger charge is -2.22. The third-order valence-electron chi connectivity index (χ3n) is 4.59. The predicted molar refractivity (Wildman–Crippen MR) is 137 cm³/mol. The van der Waals surface area contributed by atoms with Gasteiger partial charge in [-0.15, -0.1) is 0 Å². The number of hydrogen-bond donors (Lipinski definition) is 5. The molecule has 37 heavy (non-hydrogen) atoms. The Morgan fingerprint density at radius 2 is 1.51 bits per heavy atom. The molecule has 210 valence electrons. The van der Waals surface area contributed by atoms with Crippen LogP contribution >= 0.6 is 0 Å². The zero-order valence-corrected chi connectivity index (χ0v) is 21.9. The molecular weight excluding hydrogens is 484 g/mol. The van der Waals surface area contributed by atoms with Crippen molar-refractivity contribution in [3.8, 4) is 0 Å². The van der Waals surface area contributed by atoms with E-state index in [1.807, 2.05) is 6.07 Å². The lowest BCUT2D eigenvalue weighted by atomic mass is 10.1. The molecule has 1 amide bonds. The van der Waals surface area contributed by atoms with Crippen molar-refractivity contribution in [1.29, 1.82) is 0 Å². The SMILES string of the molecule is CC(C)(C)OC(=O)N[C@@H](CCCCN)C(=O)OC(=O)OCc1ccccc1.NCCCC[C@H](N)C(=O)O. The summed E-state index contributed by atoms with van der Waals surface area (Å²) in [6.07, 6.45) is 1.77. The summed E-state index contributed by atoms with van der Waals surface area (Å²) in [6.45, 7) is 6.14. The molecule has 0 aliphatic carbocycles. The second-order valence-electron chi connectivity index (χ2n) is 9.16. The molecule has 0 aromatic heterocycles. The Bertz CT molecular complexity index is 815. The minimum absolute atomic E-state index is 0.0235. The van der Waals surface area contributed by atoms with E-state index in [-0.39, 0.29) is 13.0 Å². The highest BCUT2D eigenvalue weighted by Gasteiger charge is 2.27. The van der Waals surface area contributed by atoms with Gasteiger partial charge in [0, 0.05) is 0 Å². The number of aliphatic carboxylic acids is 1. The fourth-order valence-electron chi connectivity index (χ4n) is 2.72. The first-order chi connectivity index (χ1) is 17.4. The van der Waals surface area contributed by atoms with E-state index in [0.29, 0.717) is 32.4 Å². The van der Waals surface area contributed by atoms with Crippen LogP contribution in [0.15, 0.2) is 30.3 Å². The Kier molecular flexibility index (Phi) is 17.3. The number of esters is 1. The van der Waals surface area contributed by atoms with Gasteiger partial charge in [0.25, 0.3) is 0 Å². The van der Waals surface area contributed by atoms with Crippen LogP contribution in [0.1, 0.15) is 64.9 Å². The number of unbranched alkanes of at least 4 members (excludes halogenated alkanes) is 2. The van der Waals surface area contributed by atoms with Crippen molar-refractivity contribution in [1.82, 2.24) is 5.32 Å². The first-order valence-corrected chi connectivity index (χ1v) is 12.2. The van der Waals surface area contributed by atoms with Crippen LogP contribution in [0.25, 0.3) is 0 Å². The van der Waals surface area contributed by atoms with Gasteiger partial charge in [0.05, 0.1) is 0 Å². The standard InChI is InChI=1S/C19H28N2O6.C6H14N2O2/c1-19(2,3)27-17(23)21-15(11-7-8-12-20)16(22)26-18(24)25-13-14-9-5-4-6-10-14;7-4-2-1-3-5(8)6(9)10/h4-6,9-10,15H,7-8,11-13,20H2,1-3H3,(H,21,23);5H,1-4,7-8H2,(H,9,10)/t15-;5-/m00/s1. The molecule has 12 heteroatoms. The van der Waals surface area contributed by atoms with E-state index in [1.54, 1.807) is 45.0 Å². The molecule has 0 bridgehead atoms. The number of rotatable bonds is 13. The molecule has 8 N–H and O–H groups in total. The number of alkyl carbamates (subject to hydrolysis) is 1. The van der Waals surface area contributed by atoms with Gasteiger partial charge in [0.1, 0.15) is 24.3 Å². The van der Waals surface area contributed by atoms with Crippen molar-refractivity contribution >= 4 is 24.2 Å². The molecule has 0 spiro atoms. The summed E-state index contributed by atoms with van der Waals surface area (Å²) < 4.78 is 14.7. The van der Waals surface area contributed by atoms with Gasteiger partial charge in [0.2, 0.25) is 0 Å². The van der Waals surface area contributed by atoms with E-state index >= 15 is 0 Å². The minimum Gasteiger partial charge on any atom is -0.480 e. The fraction of sp³-hybridized carbons (Fsp3) is 0.600. The van der Waals surface area contributed by atoms with Crippen molar-refractivity contribution in [2.75, 3.05) is 13.1 Å². The molecular formula is C25H42N4O8. The van der Waals surface area contributed by atoms with E-state index in [9.17, 15) is 19.2 Å². The summed E-state index contributed by atoms with van der Waals surface area (Å²) in [4.78, 5) is 46.0. The zero-order chi connectivity index (χ0) is 28.3. The molecule has 0 radical (unpaired) electrons. The Morgan fingerprint density at radius 3 is 2.03 bits per heavy atom. The fourth-order valence-corrected chi connectivity index (χ4v) is 2.72. The Balaban J connectivity index is 0.00000109. The number of benzene rings is 1. The van der Waals surface area contributed by atoms with Crippen molar-refractivity contribution < 1.29 is 38.5 Å². The smallest absolute Gasteiger partial charge is 0.480 e. The highest BCUT2D eigenvalue weighted by atomic mass is 16.7. The molecule has 1 rings (SSSR count). The van der Waals surface area contributed by atoms with Crippen LogP contribution in [0.3, 0.4) is 0 Å². The first-order valence-electron chi connectivity index (χ1n) is 12.2. The summed E-state index contributed by atoms with van der Waals surface area (Å²) in [7, 11) is 0. The van der Waals surface area contributed by atoms with Crippen LogP contribution in [0, 0.1) is 0 Å². The predicted octanol–water partition coefficient (Wildman–Crippen LogP) is 2.42. The van der Waals surface area contributed by atoms with Gasteiger partial charge in [-0.3, -0.25) is 4.79 Å². The van der Waals surface area contributed by atoms with Crippen molar-refractivity contribution in [2.45, 2.75) is 83.6 Å². The summed E-state index contributed by atoms with van der Waals surface area (Å²) in [5.41, 5.74) is 15.9. The zero-order valence-electron chi connectivity index (χ0n) is 21.9. The number of ether oxygens (including phenoxy) is 3.